The Bertz CT molecular complexity index is 770. The molecule has 0 spiro atoms. The maximum atomic E-state index is 12.6. The van der Waals surface area contributed by atoms with E-state index in [0.29, 0.717) is 22.7 Å². The maximum absolute atomic E-state index is 12.6. The second-order valence-electron chi connectivity index (χ2n) is 6.74. The molecule has 2 aromatic carbocycles. The summed E-state index contributed by atoms with van der Waals surface area (Å²) < 4.78 is 8.76. The molecule has 0 radical (unpaired) electrons. The summed E-state index contributed by atoms with van der Waals surface area (Å²) in [4.78, 5) is 12.6. The predicted octanol–water partition coefficient (Wildman–Crippen LogP) is 4.52. The second kappa shape index (κ2) is 7.70. The number of nitrogen functional groups attached to an aromatic ring is 1. The van der Waals surface area contributed by atoms with Crippen molar-refractivity contribution in [2.45, 2.75) is 26.2 Å². The lowest BCUT2D eigenvalue weighted by Gasteiger charge is -2.23. The van der Waals surface area contributed by atoms with Crippen LogP contribution in [0.3, 0.4) is 0 Å². The Labute approximate surface area is 153 Å². The minimum atomic E-state index is -0.230. The number of ether oxygens (including phenoxy) is 1. The average Bonchev–Trinajstić information content (AvgIpc) is 2.54. The standard InChI is InChI=1S/C19H25N3O2S/c1-19(2,3)13-10-15(17(24-4)16(11-13)22-25-5)21-18(23)12-7-6-8-14(20)9-12/h6-11,22H,20H2,1-5H3,(H,21,23). The third kappa shape index (κ3) is 4.60. The molecular formula is C19H25N3O2S. The Balaban J connectivity index is 2.47. The van der Waals surface area contributed by atoms with Gasteiger partial charge in [0.2, 0.25) is 0 Å². The number of nitrogens with two attached hydrogens (primary N) is 1. The molecule has 0 heterocycles. The number of methoxy groups -OCH3 is 1. The Morgan fingerprint density at radius 3 is 2.40 bits per heavy atom. The zero-order chi connectivity index (χ0) is 18.6. The van der Waals surface area contributed by atoms with Crippen LogP contribution in [-0.4, -0.2) is 19.3 Å². The molecule has 1 amide bonds. The molecule has 0 bridgehead atoms. The molecule has 0 atom stereocenters. The van der Waals surface area contributed by atoms with Crippen LogP contribution in [0.15, 0.2) is 36.4 Å². The van der Waals surface area contributed by atoms with Crippen molar-refractivity contribution in [3.05, 3.63) is 47.5 Å². The van der Waals surface area contributed by atoms with Crippen LogP contribution in [0.1, 0.15) is 36.7 Å². The van der Waals surface area contributed by atoms with E-state index in [4.69, 9.17) is 10.5 Å². The zero-order valence-electron chi connectivity index (χ0n) is 15.3. The van der Waals surface area contributed by atoms with E-state index in [-0.39, 0.29) is 11.3 Å². The Morgan fingerprint density at radius 2 is 1.84 bits per heavy atom. The summed E-state index contributed by atoms with van der Waals surface area (Å²) >= 11 is 1.47. The Kier molecular flexibility index (Phi) is 5.85. The topological polar surface area (TPSA) is 76.4 Å². The number of hydrogen-bond donors (Lipinski definition) is 3. The quantitative estimate of drug-likeness (QED) is 0.541. The molecule has 4 N–H and O–H groups in total. The van der Waals surface area contributed by atoms with Crippen LogP contribution in [0.4, 0.5) is 17.1 Å². The van der Waals surface area contributed by atoms with Crippen molar-refractivity contribution < 1.29 is 9.53 Å². The summed E-state index contributed by atoms with van der Waals surface area (Å²) in [6, 6.07) is 10.9. The fourth-order valence-electron chi connectivity index (χ4n) is 2.43. The summed E-state index contributed by atoms with van der Waals surface area (Å²) in [6.45, 7) is 6.38. The highest BCUT2D eigenvalue weighted by atomic mass is 32.2. The third-order valence-corrected chi connectivity index (χ3v) is 4.19. The second-order valence-corrected chi connectivity index (χ2v) is 7.35. The van der Waals surface area contributed by atoms with Crippen LogP contribution in [0.5, 0.6) is 5.75 Å². The first-order chi connectivity index (χ1) is 11.8. The normalized spacial score (nSPS) is 11.1. The lowest BCUT2D eigenvalue weighted by Crippen LogP contribution is -2.16. The Hall–Kier alpha value is -2.34. The van der Waals surface area contributed by atoms with Gasteiger partial charge in [-0.2, -0.15) is 0 Å². The van der Waals surface area contributed by atoms with Crippen molar-refractivity contribution in [3.63, 3.8) is 0 Å². The van der Waals surface area contributed by atoms with Gasteiger partial charge in [-0.15, -0.1) is 0 Å². The summed E-state index contributed by atoms with van der Waals surface area (Å²) in [5.41, 5.74) is 9.29. The molecular weight excluding hydrogens is 334 g/mol. The summed E-state index contributed by atoms with van der Waals surface area (Å²) in [7, 11) is 1.59. The fraction of sp³-hybridized carbons (Fsp3) is 0.316. The molecule has 5 nitrogen and oxygen atoms in total. The monoisotopic (exact) mass is 359 g/mol. The first-order valence-corrected chi connectivity index (χ1v) is 9.17. The van der Waals surface area contributed by atoms with Gasteiger partial charge in [-0.05, 0) is 41.3 Å². The molecule has 0 aliphatic rings. The zero-order valence-corrected chi connectivity index (χ0v) is 16.1. The van der Waals surface area contributed by atoms with Crippen molar-refractivity contribution in [2.75, 3.05) is 29.1 Å². The fourth-order valence-corrected chi connectivity index (χ4v) is 2.81. The maximum Gasteiger partial charge on any atom is 0.255 e. The van der Waals surface area contributed by atoms with Gasteiger partial charge in [0.1, 0.15) is 0 Å². The highest BCUT2D eigenvalue weighted by Crippen LogP contribution is 2.39. The van der Waals surface area contributed by atoms with E-state index >= 15 is 0 Å². The van der Waals surface area contributed by atoms with E-state index in [9.17, 15) is 4.79 Å². The lowest BCUT2D eigenvalue weighted by molar-refractivity contribution is 0.102. The van der Waals surface area contributed by atoms with Crippen molar-refractivity contribution in [1.29, 1.82) is 0 Å². The summed E-state index contributed by atoms with van der Waals surface area (Å²) in [6.07, 6.45) is 1.94. The van der Waals surface area contributed by atoms with E-state index in [1.807, 2.05) is 18.4 Å². The molecule has 2 aromatic rings. The lowest BCUT2D eigenvalue weighted by atomic mass is 9.86. The third-order valence-electron chi connectivity index (χ3n) is 3.77. The number of rotatable bonds is 5. The Morgan fingerprint density at radius 1 is 1.16 bits per heavy atom. The number of benzene rings is 2. The van der Waals surface area contributed by atoms with Crippen LogP contribution >= 0.6 is 11.9 Å². The minimum Gasteiger partial charge on any atom is -0.492 e. The molecule has 0 saturated carbocycles. The largest absolute Gasteiger partial charge is 0.492 e. The van der Waals surface area contributed by atoms with Crippen molar-refractivity contribution in [2.24, 2.45) is 0 Å². The SMILES string of the molecule is COc1c(NSC)cc(C(C)(C)C)cc1NC(=O)c1cccc(N)c1. The van der Waals surface area contributed by atoms with Gasteiger partial charge in [-0.25, -0.2) is 0 Å². The van der Waals surface area contributed by atoms with Gasteiger partial charge in [0, 0.05) is 17.5 Å². The highest BCUT2D eigenvalue weighted by Gasteiger charge is 2.21. The summed E-state index contributed by atoms with van der Waals surface area (Å²) in [5, 5.41) is 2.95. The van der Waals surface area contributed by atoms with Gasteiger partial charge in [0.25, 0.3) is 5.91 Å². The summed E-state index contributed by atoms with van der Waals surface area (Å²) in [5.74, 6) is 0.367. The van der Waals surface area contributed by atoms with E-state index in [1.54, 1.807) is 31.4 Å². The molecule has 2 rings (SSSR count). The van der Waals surface area contributed by atoms with Crippen LogP contribution < -0.4 is 20.5 Å². The first-order valence-electron chi connectivity index (χ1n) is 7.94. The van der Waals surface area contributed by atoms with Gasteiger partial charge >= 0.3 is 0 Å². The van der Waals surface area contributed by atoms with Gasteiger partial charge < -0.3 is 20.5 Å². The van der Waals surface area contributed by atoms with Crippen molar-refractivity contribution >= 4 is 34.9 Å². The molecule has 6 heteroatoms. The molecule has 0 saturated heterocycles. The number of hydrogen-bond acceptors (Lipinski definition) is 5. The number of anilines is 3. The highest BCUT2D eigenvalue weighted by molar-refractivity contribution is 7.99. The van der Waals surface area contributed by atoms with Crippen LogP contribution in [0.2, 0.25) is 0 Å². The van der Waals surface area contributed by atoms with Crippen molar-refractivity contribution in [3.8, 4) is 5.75 Å². The molecule has 25 heavy (non-hydrogen) atoms. The van der Waals surface area contributed by atoms with Gasteiger partial charge in [-0.1, -0.05) is 38.8 Å². The first kappa shape index (κ1) is 19.0. The smallest absolute Gasteiger partial charge is 0.255 e. The molecule has 134 valence electrons. The molecule has 0 aliphatic heterocycles. The molecule has 0 aliphatic carbocycles. The van der Waals surface area contributed by atoms with Gasteiger partial charge in [0.15, 0.2) is 5.75 Å². The molecule has 0 fully saturated rings. The van der Waals surface area contributed by atoms with E-state index < -0.39 is 0 Å². The number of nitrogens with one attached hydrogen (secondary N) is 2. The number of amides is 1. The number of carbonyl (C=O) groups excluding carboxylic acids is 1. The van der Waals surface area contributed by atoms with Gasteiger partial charge in [0.05, 0.1) is 18.5 Å². The van der Waals surface area contributed by atoms with E-state index in [1.165, 1.54) is 11.9 Å². The predicted molar refractivity (Wildman–Crippen MR) is 108 cm³/mol. The average molecular weight is 359 g/mol. The van der Waals surface area contributed by atoms with Crippen LogP contribution in [0.25, 0.3) is 0 Å². The van der Waals surface area contributed by atoms with Crippen LogP contribution in [0, 0.1) is 0 Å². The van der Waals surface area contributed by atoms with Crippen LogP contribution in [-0.2, 0) is 5.41 Å². The molecule has 0 unspecified atom stereocenters. The van der Waals surface area contributed by atoms with Gasteiger partial charge in [-0.3, -0.25) is 4.79 Å². The minimum absolute atomic E-state index is 0.0717. The van der Waals surface area contributed by atoms with Crippen molar-refractivity contribution in [1.82, 2.24) is 0 Å². The molecule has 0 aromatic heterocycles. The van der Waals surface area contributed by atoms with E-state index in [2.05, 4.69) is 30.8 Å². The number of carbonyl (C=O) groups is 1. The van der Waals surface area contributed by atoms with E-state index in [0.717, 1.165) is 11.3 Å².